The Labute approximate surface area is 272 Å². The maximum absolute atomic E-state index is 2.98. The molecule has 1 fully saturated rings. The van der Waals surface area contributed by atoms with E-state index in [0.29, 0.717) is 29.3 Å². The molecule has 1 heterocycles. The van der Waals surface area contributed by atoms with Gasteiger partial charge in [-0.1, -0.05) is 129 Å². The van der Waals surface area contributed by atoms with E-state index in [4.69, 9.17) is 0 Å². The molecule has 1 heteroatoms. The summed E-state index contributed by atoms with van der Waals surface area (Å²) in [6.07, 6.45) is 55.7. The van der Waals surface area contributed by atoms with Crippen molar-refractivity contribution in [3.8, 4) is 0 Å². The van der Waals surface area contributed by atoms with Crippen molar-refractivity contribution in [2.24, 2.45) is 22.7 Å². The summed E-state index contributed by atoms with van der Waals surface area (Å²) < 4.78 is 0. The Morgan fingerprint density at radius 1 is 0.800 bits per heavy atom. The first-order chi connectivity index (χ1) is 22.0. The molecular weight excluding hydrogens is 542 g/mol. The van der Waals surface area contributed by atoms with Gasteiger partial charge in [0.05, 0.1) is 6.04 Å². The van der Waals surface area contributed by atoms with Crippen molar-refractivity contribution < 1.29 is 0 Å². The largest absolute Gasteiger partial charge is 0.361 e. The highest BCUT2D eigenvalue weighted by Crippen LogP contribution is 2.58. The van der Waals surface area contributed by atoms with E-state index in [-0.39, 0.29) is 5.41 Å². The molecule has 8 rings (SSSR count). The lowest BCUT2D eigenvalue weighted by molar-refractivity contribution is 0.103. The van der Waals surface area contributed by atoms with Crippen LogP contribution in [0, 0.1) is 22.7 Å². The van der Waals surface area contributed by atoms with Crippen molar-refractivity contribution >= 4 is 0 Å². The Morgan fingerprint density at radius 3 is 2.33 bits per heavy atom. The third-order valence-electron chi connectivity index (χ3n) is 12.6. The smallest absolute Gasteiger partial charge is 0.0522 e. The van der Waals surface area contributed by atoms with Crippen molar-refractivity contribution in [2.75, 3.05) is 0 Å². The van der Waals surface area contributed by atoms with E-state index in [2.05, 4.69) is 122 Å². The van der Waals surface area contributed by atoms with Gasteiger partial charge in [-0.3, -0.25) is 0 Å². The van der Waals surface area contributed by atoms with Crippen molar-refractivity contribution in [3.05, 3.63) is 142 Å². The van der Waals surface area contributed by atoms with Gasteiger partial charge in [0.15, 0.2) is 0 Å². The molecule has 0 N–H and O–H groups in total. The predicted octanol–water partition coefficient (Wildman–Crippen LogP) is 11.3. The second-order valence-corrected chi connectivity index (χ2v) is 15.4. The number of allylic oxidation sites excluding steroid dienone is 20. The van der Waals surface area contributed by atoms with Gasteiger partial charge in [-0.05, 0) is 98.1 Å². The topological polar surface area (TPSA) is 3.24 Å². The van der Waals surface area contributed by atoms with Crippen LogP contribution >= 0.6 is 0 Å². The molecule has 0 aromatic rings. The normalized spacial score (nSPS) is 37.1. The van der Waals surface area contributed by atoms with Crippen molar-refractivity contribution in [3.63, 3.8) is 0 Å². The first-order valence-electron chi connectivity index (χ1n) is 18.1. The fourth-order valence-corrected chi connectivity index (χ4v) is 9.89. The van der Waals surface area contributed by atoms with E-state index < -0.39 is 0 Å². The minimum absolute atomic E-state index is 0.105. The van der Waals surface area contributed by atoms with E-state index in [1.165, 1.54) is 62.5 Å². The lowest BCUT2D eigenvalue weighted by Crippen LogP contribution is -2.47. The molecule has 1 nitrogen and oxygen atoms in total. The first kappa shape index (κ1) is 29.1. The Balaban J connectivity index is 1.15. The predicted molar refractivity (Wildman–Crippen MR) is 190 cm³/mol. The molecular formula is C44H51N. The zero-order valence-electron chi connectivity index (χ0n) is 27.6. The van der Waals surface area contributed by atoms with Crippen LogP contribution in [0.25, 0.3) is 0 Å². The molecule has 0 saturated heterocycles. The molecule has 1 saturated carbocycles. The summed E-state index contributed by atoms with van der Waals surface area (Å²) in [5.41, 5.74) is 11.6. The summed E-state index contributed by atoms with van der Waals surface area (Å²) in [4.78, 5) is 2.98. The minimum Gasteiger partial charge on any atom is -0.361 e. The highest BCUT2D eigenvalue weighted by Gasteiger charge is 2.52. The second kappa shape index (κ2) is 11.8. The SMILES string of the molecule is CC1(C2=CC3=C(CC2)C2(C)CCCCC2N3C2C=C(C3C=CC=CC3)C=C(C3=CC=CCC3)C2)C=CC(C2C=CC=CC2)=CC1. The van der Waals surface area contributed by atoms with Gasteiger partial charge < -0.3 is 4.90 Å². The second-order valence-electron chi connectivity index (χ2n) is 15.4. The van der Waals surface area contributed by atoms with Gasteiger partial charge >= 0.3 is 0 Å². The fraction of sp³-hybridized carbons (Fsp3) is 0.455. The summed E-state index contributed by atoms with van der Waals surface area (Å²) in [5.74, 6) is 1.03. The molecule has 6 atom stereocenters. The zero-order chi connectivity index (χ0) is 30.4. The molecule has 0 bridgehead atoms. The molecule has 45 heavy (non-hydrogen) atoms. The van der Waals surface area contributed by atoms with Crippen molar-refractivity contribution in [2.45, 2.75) is 103 Å². The quantitative estimate of drug-likeness (QED) is 0.306. The molecule has 0 spiro atoms. The third-order valence-corrected chi connectivity index (χ3v) is 12.6. The van der Waals surface area contributed by atoms with Gasteiger partial charge in [0.1, 0.15) is 0 Å². The van der Waals surface area contributed by atoms with Crippen LogP contribution in [0.1, 0.15) is 90.9 Å². The molecule has 8 aliphatic rings. The van der Waals surface area contributed by atoms with Crippen LogP contribution in [0.3, 0.4) is 0 Å². The standard InChI is InChI=1S/C44H51N/c1-43(26-23-35(24-27-43)32-14-6-3-7-15-32)38-21-22-40-41(31-38)45(42-20-12-13-25-44(40,42)2)39-29-36(33-16-8-4-9-17-33)28-37(30-39)34-18-10-5-11-19-34/h3-10,14,16,18,23-24,26,28-29,31-33,39,42H,11-13,15,17,19-22,25,27,30H2,1-2H3. The lowest BCUT2D eigenvalue weighted by Gasteiger charge is -2.45. The van der Waals surface area contributed by atoms with Crippen LogP contribution in [0.15, 0.2) is 142 Å². The molecule has 7 aliphatic carbocycles. The lowest BCUT2D eigenvalue weighted by atomic mass is 9.65. The fourth-order valence-electron chi connectivity index (χ4n) is 9.89. The third kappa shape index (κ3) is 5.25. The van der Waals surface area contributed by atoms with Crippen LogP contribution < -0.4 is 0 Å². The minimum atomic E-state index is 0.105. The van der Waals surface area contributed by atoms with Crippen LogP contribution in [0.4, 0.5) is 0 Å². The van der Waals surface area contributed by atoms with Gasteiger partial charge in [0, 0.05) is 34.4 Å². The van der Waals surface area contributed by atoms with Crippen LogP contribution in [-0.2, 0) is 0 Å². The molecule has 6 unspecified atom stereocenters. The van der Waals surface area contributed by atoms with Crippen molar-refractivity contribution in [1.82, 2.24) is 4.90 Å². The van der Waals surface area contributed by atoms with Crippen molar-refractivity contribution in [1.29, 1.82) is 0 Å². The van der Waals surface area contributed by atoms with Crippen LogP contribution in [0.5, 0.6) is 0 Å². The van der Waals surface area contributed by atoms with E-state index in [1.807, 2.05) is 0 Å². The first-order valence-corrected chi connectivity index (χ1v) is 18.1. The Bertz CT molecular complexity index is 1600. The molecule has 0 aromatic carbocycles. The maximum atomic E-state index is 2.98. The van der Waals surface area contributed by atoms with E-state index in [9.17, 15) is 0 Å². The highest BCUT2D eigenvalue weighted by molar-refractivity contribution is 5.51. The Morgan fingerprint density at radius 2 is 1.62 bits per heavy atom. The number of hydrogen-bond acceptors (Lipinski definition) is 1. The number of hydrogen-bond donors (Lipinski definition) is 0. The number of nitrogens with zero attached hydrogens (tertiary/aromatic N) is 1. The summed E-state index contributed by atoms with van der Waals surface area (Å²) in [6.45, 7) is 5.14. The van der Waals surface area contributed by atoms with E-state index >= 15 is 0 Å². The molecule has 0 aromatic heterocycles. The highest BCUT2D eigenvalue weighted by atomic mass is 15.2. The van der Waals surface area contributed by atoms with Crippen LogP contribution in [0.2, 0.25) is 0 Å². The van der Waals surface area contributed by atoms with Gasteiger partial charge in [0.2, 0.25) is 0 Å². The number of rotatable bonds is 5. The van der Waals surface area contributed by atoms with Gasteiger partial charge in [0.25, 0.3) is 0 Å². The Hall–Kier alpha value is -3.32. The average molecular weight is 594 g/mol. The Kier molecular flexibility index (Phi) is 7.63. The maximum Gasteiger partial charge on any atom is 0.0522 e. The number of fused-ring (bicyclic) bond motifs is 2. The summed E-state index contributed by atoms with van der Waals surface area (Å²) in [6, 6.07) is 1.03. The molecule has 1 aliphatic heterocycles. The monoisotopic (exact) mass is 593 g/mol. The summed E-state index contributed by atoms with van der Waals surface area (Å²) >= 11 is 0. The molecule has 0 radical (unpaired) electrons. The molecule has 0 amide bonds. The summed E-state index contributed by atoms with van der Waals surface area (Å²) in [5, 5.41) is 0. The van der Waals surface area contributed by atoms with Gasteiger partial charge in [-0.15, -0.1) is 0 Å². The average Bonchev–Trinajstić information content (AvgIpc) is 3.37. The zero-order valence-corrected chi connectivity index (χ0v) is 27.6. The van der Waals surface area contributed by atoms with Gasteiger partial charge in [-0.25, -0.2) is 0 Å². The molecule has 232 valence electrons. The van der Waals surface area contributed by atoms with Gasteiger partial charge in [-0.2, -0.15) is 0 Å². The van der Waals surface area contributed by atoms with E-state index in [0.717, 1.165) is 25.7 Å². The van der Waals surface area contributed by atoms with E-state index in [1.54, 1.807) is 28.0 Å². The summed E-state index contributed by atoms with van der Waals surface area (Å²) in [7, 11) is 0. The van der Waals surface area contributed by atoms with Crippen LogP contribution in [-0.4, -0.2) is 17.0 Å².